The molecule has 1 aromatic carbocycles. The Balaban J connectivity index is 1.54. The van der Waals surface area contributed by atoms with Crippen LogP contribution in [0.25, 0.3) is 0 Å². The number of hydrogen-bond acceptors (Lipinski definition) is 3. The Kier molecular flexibility index (Phi) is 6.64. The van der Waals surface area contributed by atoms with Gasteiger partial charge in [0.25, 0.3) is 0 Å². The molecule has 0 radical (unpaired) electrons. The molecule has 0 atom stereocenters. The first-order valence-corrected chi connectivity index (χ1v) is 10.3. The molecular formula is C22H32N4O. The van der Waals surface area contributed by atoms with Crippen molar-refractivity contribution < 1.29 is 4.79 Å². The predicted octanol–water partition coefficient (Wildman–Crippen LogP) is 4.61. The van der Waals surface area contributed by atoms with Crippen molar-refractivity contribution in [2.24, 2.45) is 5.92 Å². The lowest BCUT2D eigenvalue weighted by Gasteiger charge is -2.11. The van der Waals surface area contributed by atoms with E-state index in [1.807, 2.05) is 26.0 Å². The van der Waals surface area contributed by atoms with Crippen LogP contribution in [0.4, 0.5) is 5.69 Å². The molecule has 0 unspecified atom stereocenters. The van der Waals surface area contributed by atoms with Gasteiger partial charge in [-0.2, -0.15) is 0 Å². The molecule has 5 nitrogen and oxygen atoms in total. The number of carbonyl (C=O) groups excluding carboxylic acids is 1. The highest BCUT2D eigenvalue weighted by molar-refractivity contribution is 5.90. The lowest BCUT2D eigenvalue weighted by atomic mass is 10.0. The summed E-state index contributed by atoms with van der Waals surface area (Å²) in [7, 11) is 0. The topological polar surface area (TPSA) is 59.8 Å². The molecule has 27 heavy (non-hydrogen) atoms. The van der Waals surface area contributed by atoms with Gasteiger partial charge < -0.3 is 9.88 Å². The number of nitrogens with one attached hydrogen (secondary N) is 1. The van der Waals surface area contributed by atoms with Crippen molar-refractivity contribution in [3.63, 3.8) is 0 Å². The van der Waals surface area contributed by atoms with Gasteiger partial charge in [-0.15, -0.1) is 10.2 Å². The number of aryl methyl sites for hydroxylation is 4. The second kappa shape index (κ2) is 9.16. The average Bonchev–Trinajstić information content (AvgIpc) is 3.26. The van der Waals surface area contributed by atoms with Crippen LogP contribution in [0.1, 0.15) is 68.2 Å². The van der Waals surface area contributed by atoms with Crippen molar-refractivity contribution in [3.05, 3.63) is 41.0 Å². The highest BCUT2D eigenvalue weighted by Gasteiger charge is 2.18. The molecule has 1 fully saturated rings. The molecule has 5 heteroatoms. The van der Waals surface area contributed by atoms with Gasteiger partial charge in [-0.25, -0.2) is 0 Å². The number of aromatic nitrogens is 3. The fourth-order valence-corrected chi connectivity index (χ4v) is 4.24. The summed E-state index contributed by atoms with van der Waals surface area (Å²) >= 11 is 0. The minimum absolute atomic E-state index is 0.0261. The maximum atomic E-state index is 12.3. The molecule has 1 aromatic heterocycles. The van der Waals surface area contributed by atoms with Gasteiger partial charge in [0, 0.05) is 31.5 Å². The Morgan fingerprint density at radius 3 is 2.33 bits per heavy atom. The van der Waals surface area contributed by atoms with Crippen molar-refractivity contribution in [1.82, 2.24) is 14.8 Å². The van der Waals surface area contributed by atoms with E-state index in [2.05, 4.69) is 33.1 Å². The number of benzene rings is 1. The van der Waals surface area contributed by atoms with Gasteiger partial charge in [-0.05, 0) is 56.4 Å². The van der Waals surface area contributed by atoms with Crippen LogP contribution in [0.5, 0.6) is 0 Å². The second-order valence-electron chi connectivity index (χ2n) is 7.89. The molecule has 146 valence electrons. The summed E-state index contributed by atoms with van der Waals surface area (Å²) in [6, 6.07) is 6.10. The summed E-state index contributed by atoms with van der Waals surface area (Å²) in [6.07, 6.45) is 8.76. The maximum Gasteiger partial charge on any atom is 0.224 e. The van der Waals surface area contributed by atoms with Gasteiger partial charge >= 0.3 is 0 Å². The SMILES string of the molecule is CCn1c(CCC(=O)Nc2cc(C)cc(C)c2)nnc1CCC1CCCC1. The standard InChI is InChI=1S/C22H32N4O/c1-4-26-20(10-9-18-7-5-6-8-18)24-25-21(26)11-12-22(27)23-19-14-16(2)13-17(3)15-19/h13-15,18H,4-12H2,1-3H3,(H,23,27). The Morgan fingerprint density at radius 2 is 1.70 bits per heavy atom. The monoisotopic (exact) mass is 368 g/mol. The second-order valence-corrected chi connectivity index (χ2v) is 7.89. The van der Waals surface area contributed by atoms with E-state index in [-0.39, 0.29) is 5.91 Å². The first-order valence-electron chi connectivity index (χ1n) is 10.3. The maximum absolute atomic E-state index is 12.3. The number of carbonyl (C=O) groups is 1. The quantitative estimate of drug-likeness (QED) is 0.740. The van der Waals surface area contributed by atoms with Crippen LogP contribution in [-0.2, 0) is 24.2 Å². The number of rotatable bonds is 8. The number of amides is 1. The largest absolute Gasteiger partial charge is 0.326 e. The summed E-state index contributed by atoms with van der Waals surface area (Å²) in [5.74, 6) is 2.89. The molecule has 3 rings (SSSR count). The molecule has 1 aliphatic carbocycles. The van der Waals surface area contributed by atoms with Crippen molar-refractivity contribution >= 4 is 11.6 Å². The summed E-state index contributed by atoms with van der Waals surface area (Å²) in [6.45, 7) is 7.07. The van der Waals surface area contributed by atoms with Crippen molar-refractivity contribution in [2.75, 3.05) is 5.32 Å². The Hall–Kier alpha value is -2.17. The Bertz CT molecular complexity index is 754. The van der Waals surface area contributed by atoms with Crippen molar-refractivity contribution in [1.29, 1.82) is 0 Å². The van der Waals surface area contributed by atoms with E-state index in [1.54, 1.807) is 0 Å². The summed E-state index contributed by atoms with van der Waals surface area (Å²) < 4.78 is 2.19. The average molecular weight is 369 g/mol. The van der Waals surface area contributed by atoms with Crippen LogP contribution < -0.4 is 5.32 Å². The van der Waals surface area contributed by atoms with Crippen LogP contribution in [0.15, 0.2) is 18.2 Å². The van der Waals surface area contributed by atoms with E-state index in [1.165, 1.54) is 32.1 Å². The van der Waals surface area contributed by atoms with Gasteiger partial charge in [-0.3, -0.25) is 4.79 Å². The zero-order valence-corrected chi connectivity index (χ0v) is 16.9. The van der Waals surface area contributed by atoms with Gasteiger partial charge in [0.05, 0.1) is 0 Å². The third-order valence-corrected chi connectivity index (χ3v) is 5.55. The fraction of sp³-hybridized carbons (Fsp3) is 0.591. The normalized spacial score (nSPS) is 14.6. The highest BCUT2D eigenvalue weighted by Crippen LogP contribution is 2.28. The molecule has 2 aromatic rings. The molecule has 1 heterocycles. The van der Waals surface area contributed by atoms with E-state index >= 15 is 0 Å². The lowest BCUT2D eigenvalue weighted by molar-refractivity contribution is -0.116. The summed E-state index contributed by atoms with van der Waals surface area (Å²) in [4.78, 5) is 12.3. The smallest absolute Gasteiger partial charge is 0.224 e. The van der Waals surface area contributed by atoms with Crippen LogP contribution >= 0.6 is 0 Å². The molecule has 0 saturated heterocycles. The Labute approximate surface area is 162 Å². The lowest BCUT2D eigenvalue weighted by Crippen LogP contribution is -2.15. The van der Waals surface area contributed by atoms with Gasteiger partial charge in [0.1, 0.15) is 11.6 Å². The zero-order chi connectivity index (χ0) is 19.2. The van der Waals surface area contributed by atoms with Gasteiger partial charge in [0.15, 0.2) is 0 Å². The molecule has 0 spiro atoms. The molecule has 1 N–H and O–H groups in total. The van der Waals surface area contributed by atoms with Gasteiger partial charge in [0.2, 0.25) is 5.91 Å². The Morgan fingerprint density at radius 1 is 1.07 bits per heavy atom. The third kappa shape index (κ3) is 5.41. The van der Waals surface area contributed by atoms with Gasteiger partial charge in [-0.1, -0.05) is 31.7 Å². The van der Waals surface area contributed by atoms with E-state index in [0.717, 1.165) is 47.3 Å². The molecule has 1 amide bonds. The molecule has 0 aliphatic heterocycles. The minimum atomic E-state index is 0.0261. The first-order chi connectivity index (χ1) is 13.0. The number of hydrogen-bond donors (Lipinski definition) is 1. The van der Waals surface area contributed by atoms with Crippen LogP contribution in [-0.4, -0.2) is 20.7 Å². The van der Waals surface area contributed by atoms with Crippen molar-refractivity contribution in [3.8, 4) is 0 Å². The zero-order valence-electron chi connectivity index (χ0n) is 16.9. The van der Waals surface area contributed by atoms with Crippen LogP contribution in [0, 0.1) is 19.8 Å². The van der Waals surface area contributed by atoms with E-state index in [4.69, 9.17) is 0 Å². The highest BCUT2D eigenvalue weighted by atomic mass is 16.1. The van der Waals surface area contributed by atoms with Crippen LogP contribution in [0.2, 0.25) is 0 Å². The predicted molar refractivity (Wildman–Crippen MR) is 109 cm³/mol. The third-order valence-electron chi connectivity index (χ3n) is 5.55. The van der Waals surface area contributed by atoms with Crippen LogP contribution in [0.3, 0.4) is 0 Å². The van der Waals surface area contributed by atoms with Crippen molar-refractivity contribution in [2.45, 2.75) is 78.7 Å². The summed E-state index contributed by atoms with van der Waals surface area (Å²) in [5.41, 5.74) is 3.18. The molecule has 0 bridgehead atoms. The number of nitrogens with zero attached hydrogens (tertiary/aromatic N) is 3. The number of anilines is 1. The minimum Gasteiger partial charge on any atom is -0.326 e. The fourth-order valence-electron chi connectivity index (χ4n) is 4.24. The summed E-state index contributed by atoms with van der Waals surface area (Å²) in [5, 5.41) is 11.8. The molecular weight excluding hydrogens is 336 g/mol. The van der Waals surface area contributed by atoms with E-state index in [0.29, 0.717) is 12.8 Å². The van der Waals surface area contributed by atoms with E-state index in [9.17, 15) is 4.79 Å². The molecule has 1 aliphatic rings. The molecule has 1 saturated carbocycles. The van der Waals surface area contributed by atoms with E-state index < -0.39 is 0 Å². The first kappa shape index (κ1) is 19.6.